The van der Waals surface area contributed by atoms with E-state index in [2.05, 4.69) is 39.7 Å². The van der Waals surface area contributed by atoms with Gasteiger partial charge in [-0.25, -0.2) is 9.97 Å². The summed E-state index contributed by atoms with van der Waals surface area (Å²) in [6.07, 6.45) is 8.45. The van der Waals surface area contributed by atoms with E-state index in [1.807, 2.05) is 30.3 Å². The van der Waals surface area contributed by atoms with Crippen molar-refractivity contribution < 1.29 is 9.90 Å². The highest BCUT2D eigenvalue weighted by molar-refractivity contribution is 5.80. The molecule has 0 spiro atoms. The molecule has 6 rings (SSSR count). The van der Waals surface area contributed by atoms with E-state index in [0.717, 1.165) is 65.7 Å². The number of hydrogen-bond acceptors (Lipinski definition) is 6. The van der Waals surface area contributed by atoms with Gasteiger partial charge >= 0.3 is 5.97 Å². The van der Waals surface area contributed by atoms with Gasteiger partial charge in [-0.2, -0.15) is 5.10 Å². The summed E-state index contributed by atoms with van der Waals surface area (Å²) in [6.45, 7) is 0.998. The van der Waals surface area contributed by atoms with Gasteiger partial charge in [-0.1, -0.05) is 24.3 Å². The number of nitrogens with one attached hydrogen (secondary N) is 1. The van der Waals surface area contributed by atoms with Crippen LogP contribution in [0.2, 0.25) is 0 Å². The molecular formula is C29H28N6O2. The lowest BCUT2D eigenvalue weighted by Gasteiger charge is -2.17. The summed E-state index contributed by atoms with van der Waals surface area (Å²) in [5.41, 5.74) is 6.64. The Kier molecular flexibility index (Phi) is 6.22. The Hall–Kier alpha value is -4.33. The number of nitrogens with zero attached hydrogens (tertiary/aromatic N) is 5. The predicted molar refractivity (Wildman–Crippen MR) is 143 cm³/mol. The molecule has 1 aliphatic heterocycles. The molecule has 1 aliphatic rings. The van der Waals surface area contributed by atoms with Gasteiger partial charge in [0, 0.05) is 17.6 Å². The number of fused-ring (bicyclic) bond motifs is 3. The molecule has 37 heavy (non-hydrogen) atoms. The Morgan fingerprint density at radius 1 is 1.03 bits per heavy atom. The van der Waals surface area contributed by atoms with Crippen molar-refractivity contribution in [1.82, 2.24) is 24.7 Å². The number of carbonyl (C=O) groups is 1. The average molecular weight is 493 g/mol. The molecule has 2 N–H and O–H groups in total. The summed E-state index contributed by atoms with van der Waals surface area (Å²) in [5.74, 6) is 0.135. The monoisotopic (exact) mass is 492 g/mol. The van der Waals surface area contributed by atoms with E-state index in [1.165, 1.54) is 17.5 Å². The van der Waals surface area contributed by atoms with Crippen molar-refractivity contribution in [2.75, 3.05) is 11.9 Å². The summed E-state index contributed by atoms with van der Waals surface area (Å²) in [7, 11) is 0. The van der Waals surface area contributed by atoms with Gasteiger partial charge in [-0.05, 0) is 73.6 Å². The van der Waals surface area contributed by atoms with Crippen molar-refractivity contribution in [1.29, 1.82) is 0 Å². The third-order valence-corrected chi connectivity index (χ3v) is 6.98. The molecule has 0 saturated carbocycles. The molecule has 1 unspecified atom stereocenters. The second kappa shape index (κ2) is 9.97. The smallest absolute Gasteiger partial charge is 0.305 e. The van der Waals surface area contributed by atoms with Crippen LogP contribution in [0.25, 0.3) is 21.9 Å². The fourth-order valence-corrected chi connectivity index (χ4v) is 5.10. The normalized spacial score (nSPS) is 13.8. The lowest BCUT2D eigenvalue weighted by molar-refractivity contribution is -0.137. The van der Waals surface area contributed by atoms with Gasteiger partial charge in [0.25, 0.3) is 0 Å². The molecule has 2 aromatic carbocycles. The lowest BCUT2D eigenvalue weighted by Crippen LogP contribution is -2.18. The fraction of sp³-hybridized carbons (Fsp3) is 0.276. The van der Waals surface area contributed by atoms with Gasteiger partial charge in [0.1, 0.15) is 11.9 Å². The van der Waals surface area contributed by atoms with Crippen molar-refractivity contribution in [3.05, 3.63) is 89.5 Å². The number of para-hydroxylation sites is 2. The molecule has 3 aromatic heterocycles. The first-order chi connectivity index (χ1) is 18.1. The number of aryl methyl sites for hydroxylation is 3. The first kappa shape index (κ1) is 23.1. The second-order valence-electron chi connectivity index (χ2n) is 9.57. The van der Waals surface area contributed by atoms with Crippen molar-refractivity contribution in [3.63, 3.8) is 0 Å². The van der Waals surface area contributed by atoms with E-state index in [-0.39, 0.29) is 6.42 Å². The van der Waals surface area contributed by atoms with Crippen LogP contribution < -0.4 is 5.32 Å². The number of anilines is 1. The van der Waals surface area contributed by atoms with Gasteiger partial charge < -0.3 is 10.4 Å². The molecule has 5 aromatic rings. The van der Waals surface area contributed by atoms with Crippen LogP contribution in [0.3, 0.4) is 0 Å². The van der Waals surface area contributed by atoms with Crippen LogP contribution in [0.5, 0.6) is 0 Å². The van der Waals surface area contributed by atoms with Crippen LogP contribution in [-0.4, -0.2) is 42.4 Å². The number of carboxylic acid groups (broad SMARTS) is 1. The van der Waals surface area contributed by atoms with Crippen LogP contribution >= 0.6 is 0 Å². The SMILES string of the molecule is O=C(O)CC(c1cnc2ccccc2n1)n1ncc2cc(CCCc3ccc4c(n3)NCCC4)ccc21. The van der Waals surface area contributed by atoms with E-state index >= 15 is 0 Å². The topological polar surface area (TPSA) is 106 Å². The molecule has 1 atom stereocenters. The predicted octanol–water partition coefficient (Wildman–Crippen LogP) is 4.97. The van der Waals surface area contributed by atoms with E-state index in [4.69, 9.17) is 9.97 Å². The molecular weight excluding hydrogens is 464 g/mol. The largest absolute Gasteiger partial charge is 0.481 e. The Morgan fingerprint density at radius 3 is 2.81 bits per heavy atom. The third kappa shape index (κ3) is 4.87. The molecule has 8 nitrogen and oxygen atoms in total. The van der Waals surface area contributed by atoms with E-state index in [1.54, 1.807) is 17.1 Å². The van der Waals surface area contributed by atoms with Crippen LogP contribution in [0.4, 0.5) is 5.82 Å². The number of hydrogen-bond donors (Lipinski definition) is 2. The Morgan fingerprint density at radius 2 is 1.92 bits per heavy atom. The summed E-state index contributed by atoms with van der Waals surface area (Å²) in [4.78, 5) is 25.8. The first-order valence-electron chi connectivity index (χ1n) is 12.8. The van der Waals surface area contributed by atoms with Crippen molar-refractivity contribution in [2.24, 2.45) is 0 Å². The van der Waals surface area contributed by atoms with Gasteiger partial charge in [0.2, 0.25) is 0 Å². The highest BCUT2D eigenvalue weighted by Crippen LogP contribution is 2.27. The maximum Gasteiger partial charge on any atom is 0.305 e. The van der Waals surface area contributed by atoms with Gasteiger partial charge in [-0.15, -0.1) is 0 Å². The third-order valence-electron chi connectivity index (χ3n) is 6.98. The van der Waals surface area contributed by atoms with Crippen LogP contribution in [-0.2, 0) is 24.1 Å². The Bertz CT molecular complexity index is 1590. The van der Waals surface area contributed by atoms with Gasteiger partial charge in [0.15, 0.2) is 0 Å². The molecule has 0 amide bonds. The molecule has 0 saturated heterocycles. The quantitative estimate of drug-likeness (QED) is 0.315. The maximum atomic E-state index is 11.7. The average Bonchev–Trinajstić information content (AvgIpc) is 3.34. The van der Waals surface area contributed by atoms with Crippen LogP contribution in [0.1, 0.15) is 47.8 Å². The molecule has 4 heterocycles. The first-order valence-corrected chi connectivity index (χ1v) is 12.8. The molecule has 0 fully saturated rings. The number of aromatic nitrogens is 5. The number of benzene rings is 2. The Labute approximate surface area is 214 Å². The zero-order valence-electron chi connectivity index (χ0n) is 20.5. The lowest BCUT2D eigenvalue weighted by atomic mass is 10.0. The number of aliphatic carboxylic acids is 1. The van der Waals surface area contributed by atoms with E-state index in [9.17, 15) is 9.90 Å². The number of pyridine rings is 1. The molecule has 0 aliphatic carbocycles. The zero-order chi connectivity index (χ0) is 25.2. The number of rotatable bonds is 8. The highest BCUT2D eigenvalue weighted by atomic mass is 16.4. The molecule has 186 valence electrons. The maximum absolute atomic E-state index is 11.7. The number of carboxylic acids is 1. The minimum absolute atomic E-state index is 0.131. The molecule has 8 heteroatoms. The fourth-order valence-electron chi connectivity index (χ4n) is 5.10. The summed E-state index contributed by atoms with van der Waals surface area (Å²) >= 11 is 0. The minimum atomic E-state index is -0.911. The van der Waals surface area contributed by atoms with Gasteiger partial charge in [0.05, 0.1) is 41.1 Å². The van der Waals surface area contributed by atoms with Crippen molar-refractivity contribution in [2.45, 2.75) is 44.6 Å². The summed E-state index contributed by atoms with van der Waals surface area (Å²) in [5, 5.41) is 18.6. The van der Waals surface area contributed by atoms with E-state index < -0.39 is 12.0 Å². The highest BCUT2D eigenvalue weighted by Gasteiger charge is 2.23. The summed E-state index contributed by atoms with van der Waals surface area (Å²) < 4.78 is 1.76. The molecule has 0 bridgehead atoms. The van der Waals surface area contributed by atoms with Crippen LogP contribution in [0.15, 0.2) is 67.0 Å². The molecule has 0 radical (unpaired) electrons. The minimum Gasteiger partial charge on any atom is -0.481 e. The standard InChI is InChI=1S/C29H28N6O2/c36-28(37)16-27(25-18-31-23-8-1-2-9-24(23)34-25)35-26-13-10-19(15-21(26)17-32-35)5-3-7-22-12-11-20-6-4-14-30-29(20)33-22/h1-2,8-13,15,17-18,27H,3-7,14,16H2,(H,30,33)(H,36,37). The Balaban J connectivity index is 1.21. The van der Waals surface area contributed by atoms with Crippen molar-refractivity contribution in [3.8, 4) is 0 Å². The zero-order valence-corrected chi connectivity index (χ0v) is 20.5. The van der Waals surface area contributed by atoms with Gasteiger partial charge in [-0.3, -0.25) is 14.5 Å². The second-order valence-corrected chi connectivity index (χ2v) is 9.57. The van der Waals surface area contributed by atoms with E-state index in [0.29, 0.717) is 5.69 Å². The van der Waals surface area contributed by atoms with Crippen molar-refractivity contribution >= 4 is 33.7 Å². The summed E-state index contributed by atoms with van der Waals surface area (Å²) in [6, 6.07) is 17.7. The van der Waals surface area contributed by atoms with Crippen LogP contribution in [0, 0.1) is 0 Å².